The molecule has 1 heteroatoms. The fourth-order valence-corrected chi connectivity index (χ4v) is 4.12. The molecule has 0 radical (unpaired) electrons. The van der Waals surface area contributed by atoms with Gasteiger partial charge < -0.3 is 5.32 Å². The predicted molar refractivity (Wildman–Crippen MR) is 95.7 cm³/mol. The summed E-state index contributed by atoms with van der Waals surface area (Å²) < 4.78 is 0. The molecule has 0 bridgehead atoms. The normalized spacial score (nSPS) is 25.0. The van der Waals surface area contributed by atoms with Crippen LogP contribution in [0.5, 0.6) is 0 Å². The fraction of sp³-hybridized carbons (Fsp3) is 1.00. The van der Waals surface area contributed by atoms with Crippen LogP contribution >= 0.6 is 0 Å². The van der Waals surface area contributed by atoms with Gasteiger partial charge >= 0.3 is 0 Å². The lowest BCUT2D eigenvalue weighted by atomic mass is 9.68. The van der Waals surface area contributed by atoms with Gasteiger partial charge in [-0.15, -0.1) is 0 Å². The summed E-state index contributed by atoms with van der Waals surface area (Å²) in [5.41, 5.74) is 0.513. The molecule has 1 unspecified atom stereocenters. The molecule has 0 heterocycles. The summed E-state index contributed by atoms with van der Waals surface area (Å²) in [4.78, 5) is 0. The highest BCUT2D eigenvalue weighted by atomic mass is 14.9. The summed E-state index contributed by atoms with van der Waals surface area (Å²) >= 11 is 0. The average Bonchev–Trinajstić information content (AvgIpc) is 2.45. The van der Waals surface area contributed by atoms with Crippen LogP contribution in [0.2, 0.25) is 0 Å². The summed E-state index contributed by atoms with van der Waals surface area (Å²) in [6.07, 6.45) is 14.3. The number of unbranched alkanes of at least 4 members (excludes halogenated alkanes) is 4. The molecule has 1 aliphatic carbocycles. The zero-order valence-corrected chi connectivity index (χ0v) is 15.5. The van der Waals surface area contributed by atoms with Gasteiger partial charge in [-0.25, -0.2) is 0 Å². The SMILES string of the molecule is CCCCCCCC(NCC)C1CCC(C(C)(C)C)CC1. The molecule has 0 aliphatic heterocycles. The van der Waals surface area contributed by atoms with Crippen LogP contribution < -0.4 is 5.32 Å². The summed E-state index contributed by atoms with van der Waals surface area (Å²) in [5.74, 6) is 1.88. The molecule has 0 spiro atoms. The molecule has 0 aromatic heterocycles. The molecule has 21 heavy (non-hydrogen) atoms. The standard InChI is InChI=1S/C20H41N/c1-6-8-9-10-11-12-19(21-7-2)17-13-15-18(16-14-17)20(3,4)5/h17-19,21H,6-16H2,1-5H3. The summed E-state index contributed by atoms with van der Waals surface area (Å²) in [6, 6.07) is 0.789. The van der Waals surface area contributed by atoms with Crippen molar-refractivity contribution in [1.29, 1.82) is 0 Å². The minimum atomic E-state index is 0.513. The first kappa shape index (κ1) is 19.0. The van der Waals surface area contributed by atoms with Gasteiger partial charge in [0.15, 0.2) is 0 Å². The first-order valence-electron chi connectivity index (χ1n) is 9.72. The molecule has 0 aromatic rings. The van der Waals surface area contributed by atoms with Crippen LogP contribution in [0.1, 0.15) is 98.8 Å². The van der Waals surface area contributed by atoms with E-state index in [2.05, 4.69) is 39.9 Å². The molecule has 1 rings (SSSR count). The molecule has 0 saturated heterocycles. The topological polar surface area (TPSA) is 12.0 Å². The highest BCUT2D eigenvalue weighted by Gasteiger charge is 2.32. The van der Waals surface area contributed by atoms with E-state index in [4.69, 9.17) is 0 Å². The average molecular weight is 296 g/mol. The number of hydrogen-bond acceptors (Lipinski definition) is 1. The van der Waals surface area contributed by atoms with Gasteiger partial charge in [-0.3, -0.25) is 0 Å². The van der Waals surface area contributed by atoms with E-state index >= 15 is 0 Å². The largest absolute Gasteiger partial charge is 0.314 e. The second-order valence-corrected chi connectivity index (χ2v) is 8.34. The molecule has 126 valence electrons. The molecule has 1 aliphatic rings. The Morgan fingerprint density at radius 3 is 2.05 bits per heavy atom. The van der Waals surface area contributed by atoms with Gasteiger partial charge in [-0.1, -0.05) is 66.7 Å². The van der Waals surface area contributed by atoms with Crippen molar-refractivity contribution in [3.05, 3.63) is 0 Å². The van der Waals surface area contributed by atoms with Crippen LogP contribution in [0.25, 0.3) is 0 Å². The van der Waals surface area contributed by atoms with Gasteiger partial charge in [0.05, 0.1) is 0 Å². The quantitative estimate of drug-likeness (QED) is 0.501. The van der Waals surface area contributed by atoms with E-state index in [1.807, 2.05) is 0 Å². The Morgan fingerprint density at radius 1 is 0.905 bits per heavy atom. The molecule has 1 N–H and O–H groups in total. The zero-order valence-electron chi connectivity index (χ0n) is 15.5. The Kier molecular flexibility index (Phi) is 8.94. The van der Waals surface area contributed by atoms with E-state index in [0.717, 1.165) is 24.4 Å². The van der Waals surface area contributed by atoms with Gasteiger partial charge in [-0.05, 0) is 55.9 Å². The Labute approximate surface area is 134 Å². The Bertz CT molecular complexity index is 245. The van der Waals surface area contributed by atoms with Crippen molar-refractivity contribution >= 4 is 0 Å². The number of rotatable bonds is 9. The van der Waals surface area contributed by atoms with E-state index in [0.29, 0.717) is 5.41 Å². The van der Waals surface area contributed by atoms with Crippen molar-refractivity contribution in [3.8, 4) is 0 Å². The van der Waals surface area contributed by atoms with E-state index < -0.39 is 0 Å². The van der Waals surface area contributed by atoms with Crippen molar-refractivity contribution < 1.29 is 0 Å². The van der Waals surface area contributed by atoms with Crippen molar-refractivity contribution in [2.45, 2.75) is 105 Å². The van der Waals surface area contributed by atoms with Crippen LogP contribution in [0.4, 0.5) is 0 Å². The van der Waals surface area contributed by atoms with Crippen molar-refractivity contribution in [2.24, 2.45) is 17.3 Å². The Hall–Kier alpha value is -0.0400. The summed E-state index contributed by atoms with van der Waals surface area (Å²) in [6.45, 7) is 13.0. The number of hydrogen-bond donors (Lipinski definition) is 1. The third-order valence-corrected chi connectivity index (χ3v) is 5.65. The van der Waals surface area contributed by atoms with E-state index in [1.165, 1.54) is 64.2 Å². The third kappa shape index (κ3) is 7.17. The van der Waals surface area contributed by atoms with Crippen molar-refractivity contribution in [3.63, 3.8) is 0 Å². The summed E-state index contributed by atoms with van der Waals surface area (Å²) in [5, 5.41) is 3.80. The van der Waals surface area contributed by atoms with Gasteiger partial charge in [0.1, 0.15) is 0 Å². The van der Waals surface area contributed by atoms with Crippen LogP contribution in [-0.2, 0) is 0 Å². The minimum absolute atomic E-state index is 0.513. The number of nitrogens with one attached hydrogen (secondary N) is 1. The molecule has 1 saturated carbocycles. The molecule has 1 fully saturated rings. The second kappa shape index (κ2) is 9.87. The molecule has 0 aromatic carbocycles. The van der Waals surface area contributed by atoms with Crippen LogP contribution in [0.3, 0.4) is 0 Å². The maximum Gasteiger partial charge on any atom is 0.00952 e. The second-order valence-electron chi connectivity index (χ2n) is 8.34. The van der Waals surface area contributed by atoms with Gasteiger partial charge in [-0.2, -0.15) is 0 Å². The van der Waals surface area contributed by atoms with Crippen LogP contribution in [0, 0.1) is 17.3 Å². The first-order chi connectivity index (χ1) is 9.99. The first-order valence-corrected chi connectivity index (χ1v) is 9.72. The van der Waals surface area contributed by atoms with Gasteiger partial charge in [0, 0.05) is 6.04 Å². The molecular formula is C20H41N. The third-order valence-electron chi connectivity index (χ3n) is 5.65. The Morgan fingerprint density at radius 2 is 1.52 bits per heavy atom. The van der Waals surface area contributed by atoms with E-state index in [9.17, 15) is 0 Å². The van der Waals surface area contributed by atoms with Crippen LogP contribution in [0.15, 0.2) is 0 Å². The lowest BCUT2D eigenvalue weighted by Crippen LogP contribution is -2.39. The van der Waals surface area contributed by atoms with E-state index in [1.54, 1.807) is 0 Å². The monoisotopic (exact) mass is 295 g/mol. The molecular weight excluding hydrogens is 254 g/mol. The Balaban J connectivity index is 2.33. The zero-order chi connectivity index (χ0) is 15.7. The molecule has 1 atom stereocenters. The van der Waals surface area contributed by atoms with Crippen molar-refractivity contribution in [1.82, 2.24) is 5.32 Å². The van der Waals surface area contributed by atoms with Crippen LogP contribution in [-0.4, -0.2) is 12.6 Å². The maximum absolute atomic E-state index is 3.80. The molecule has 0 amide bonds. The summed E-state index contributed by atoms with van der Waals surface area (Å²) in [7, 11) is 0. The maximum atomic E-state index is 3.80. The smallest absolute Gasteiger partial charge is 0.00952 e. The lowest BCUT2D eigenvalue weighted by Gasteiger charge is -2.39. The lowest BCUT2D eigenvalue weighted by molar-refractivity contribution is 0.130. The highest BCUT2D eigenvalue weighted by Crippen LogP contribution is 2.41. The fourth-order valence-electron chi connectivity index (χ4n) is 4.12. The highest BCUT2D eigenvalue weighted by molar-refractivity contribution is 4.85. The molecule has 1 nitrogen and oxygen atoms in total. The van der Waals surface area contributed by atoms with Crippen molar-refractivity contribution in [2.75, 3.05) is 6.54 Å². The van der Waals surface area contributed by atoms with E-state index in [-0.39, 0.29) is 0 Å². The van der Waals surface area contributed by atoms with Gasteiger partial charge in [0.2, 0.25) is 0 Å². The predicted octanol–water partition coefficient (Wildman–Crippen LogP) is 6.18. The van der Waals surface area contributed by atoms with Gasteiger partial charge in [0.25, 0.3) is 0 Å². The minimum Gasteiger partial charge on any atom is -0.314 e.